The number of carbonyl (C=O) groups excluding carboxylic acids is 1. The molecule has 6 nitrogen and oxygen atoms in total. The molecule has 32 heavy (non-hydrogen) atoms. The molecule has 6 aliphatic rings. The molecule has 7 rings (SSSR count). The van der Waals surface area contributed by atoms with Crippen molar-refractivity contribution in [3.8, 4) is 0 Å². The van der Waals surface area contributed by atoms with Gasteiger partial charge in [0.15, 0.2) is 0 Å². The van der Waals surface area contributed by atoms with Crippen LogP contribution in [-0.2, 0) is 19.0 Å². The van der Waals surface area contributed by atoms with Crippen LogP contribution >= 0.6 is 0 Å². The Balaban J connectivity index is 1.43. The molecule has 3 saturated heterocycles. The summed E-state index contributed by atoms with van der Waals surface area (Å²) in [6.07, 6.45) is 4.38. The van der Waals surface area contributed by atoms with Crippen LogP contribution in [0.25, 0.3) is 0 Å². The summed E-state index contributed by atoms with van der Waals surface area (Å²) in [7, 11) is 0. The van der Waals surface area contributed by atoms with E-state index in [1.165, 1.54) is 16.7 Å². The van der Waals surface area contributed by atoms with E-state index in [1.54, 1.807) is 6.26 Å². The zero-order chi connectivity index (χ0) is 22.2. The van der Waals surface area contributed by atoms with Gasteiger partial charge < -0.3 is 23.7 Å². The average molecular weight is 441 g/mol. The number of ether oxygens (including phenoxy) is 3. The zero-order valence-corrected chi connectivity index (χ0v) is 19.2. The number of aliphatic hydroxyl groups excluding tert-OH is 1. The van der Waals surface area contributed by atoms with E-state index in [9.17, 15) is 9.90 Å². The van der Waals surface area contributed by atoms with E-state index in [-0.39, 0.29) is 64.4 Å². The quantitative estimate of drug-likeness (QED) is 0.531. The fourth-order valence-corrected chi connectivity index (χ4v) is 9.44. The molecule has 1 unspecified atom stereocenters. The van der Waals surface area contributed by atoms with Crippen molar-refractivity contribution < 1.29 is 28.5 Å². The molecule has 4 heterocycles. The average Bonchev–Trinajstić information content (AvgIpc) is 3.49. The molecular formula is C26H32O6. The van der Waals surface area contributed by atoms with E-state index in [0.29, 0.717) is 19.4 Å². The Morgan fingerprint density at radius 1 is 1.19 bits per heavy atom. The zero-order valence-electron chi connectivity index (χ0n) is 19.2. The third kappa shape index (κ3) is 1.99. The minimum atomic E-state index is -0.543. The number of hydrogen-bond acceptors (Lipinski definition) is 6. The summed E-state index contributed by atoms with van der Waals surface area (Å²) in [6, 6.07) is 2.05. The van der Waals surface area contributed by atoms with Gasteiger partial charge in [-0.15, -0.1) is 0 Å². The molecule has 3 aliphatic heterocycles. The number of furan rings is 1. The standard InChI is InChI=1S/C26H32O6/c1-12-14(13-5-6-29-10-13)7-15-20(12)26(4)16-8-19(28)32-18-9-17(27)24(2)11-30-21(23(26)31-15)22(24)25(16,18)3/h5-6,10,14-18,21-23,27H,7-9,11H2,1-4H3/t14-,15-,16-,17-,18-,21-,22?,23-,24-,25+,26-/m1/s1. The lowest BCUT2D eigenvalue weighted by Crippen LogP contribution is -2.72. The predicted molar refractivity (Wildman–Crippen MR) is 114 cm³/mol. The van der Waals surface area contributed by atoms with Crippen LogP contribution in [0.1, 0.15) is 58.4 Å². The van der Waals surface area contributed by atoms with E-state index in [2.05, 4.69) is 33.8 Å². The van der Waals surface area contributed by atoms with Crippen molar-refractivity contribution >= 4 is 5.97 Å². The topological polar surface area (TPSA) is 78.1 Å². The van der Waals surface area contributed by atoms with E-state index < -0.39 is 6.10 Å². The van der Waals surface area contributed by atoms with Crippen LogP contribution in [0.4, 0.5) is 0 Å². The van der Waals surface area contributed by atoms with Gasteiger partial charge in [-0.2, -0.15) is 0 Å². The fourth-order valence-electron chi connectivity index (χ4n) is 9.44. The molecule has 0 aromatic carbocycles. The first kappa shape index (κ1) is 19.8. The number of rotatable bonds is 1. The van der Waals surface area contributed by atoms with Gasteiger partial charge in [0.2, 0.25) is 0 Å². The first-order valence-electron chi connectivity index (χ1n) is 12.1. The number of hydrogen-bond donors (Lipinski definition) is 1. The van der Waals surface area contributed by atoms with Crippen LogP contribution in [0.5, 0.6) is 0 Å². The Hall–Kier alpha value is -1.63. The van der Waals surface area contributed by atoms with Gasteiger partial charge in [-0.25, -0.2) is 0 Å². The van der Waals surface area contributed by atoms with Crippen LogP contribution in [0.2, 0.25) is 0 Å². The lowest BCUT2D eigenvalue weighted by atomic mass is 9.39. The first-order valence-corrected chi connectivity index (χ1v) is 12.1. The molecule has 1 aromatic heterocycles. The van der Waals surface area contributed by atoms with Crippen LogP contribution in [0.3, 0.4) is 0 Å². The molecule has 0 spiro atoms. The number of esters is 1. The van der Waals surface area contributed by atoms with Gasteiger partial charge in [0.25, 0.3) is 0 Å². The Labute approximate surface area is 188 Å². The fraction of sp³-hybridized carbons (Fsp3) is 0.731. The molecule has 172 valence electrons. The van der Waals surface area contributed by atoms with Gasteiger partial charge in [-0.3, -0.25) is 4.79 Å². The van der Waals surface area contributed by atoms with E-state index >= 15 is 0 Å². The van der Waals surface area contributed by atoms with Crippen LogP contribution in [0.15, 0.2) is 34.2 Å². The molecule has 0 radical (unpaired) electrons. The van der Waals surface area contributed by atoms with Crippen molar-refractivity contribution in [3.05, 3.63) is 35.3 Å². The SMILES string of the molecule is CC1=C2[C@@H](C[C@H]1c1ccoc1)O[C@@H]1[C@@H]3OC[C@@]4(C)C3[C@]3(C)[C@@H](C[C@H]4O)OC(=O)C[C@H]3[C@]21C. The van der Waals surface area contributed by atoms with Crippen molar-refractivity contribution in [1.29, 1.82) is 0 Å². The normalized spacial score (nSPS) is 55.5. The van der Waals surface area contributed by atoms with Gasteiger partial charge in [0.1, 0.15) is 6.10 Å². The highest BCUT2D eigenvalue weighted by Gasteiger charge is 2.78. The van der Waals surface area contributed by atoms with Gasteiger partial charge in [0.05, 0.1) is 43.5 Å². The van der Waals surface area contributed by atoms with Gasteiger partial charge >= 0.3 is 5.97 Å². The van der Waals surface area contributed by atoms with Crippen molar-refractivity contribution in [2.75, 3.05) is 6.61 Å². The van der Waals surface area contributed by atoms with Gasteiger partial charge in [-0.1, -0.05) is 26.3 Å². The molecule has 1 aromatic rings. The summed E-state index contributed by atoms with van der Waals surface area (Å²) < 4.78 is 24.7. The first-order chi connectivity index (χ1) is 15.2. The molecule has 11 atom stereocenters. The number of aliphatic hydroxyl groups is 1. The van der Waals surface area contributed by atoms with Crippen LogP contribution < -0.4 is 0 Å². The number of fused-ring (bicyclic) bond motifs is 5. The van der Waals surface area contributed by atoms with Gasteiger partial charge in [0, 0.05) is 40.9 Å². The largest absolute Gasteiger partial charge is 0.472 e. The maximum absolute atomic E-state index is 12.9. The van der Waals surface area contributed by atoms with Crippen LogP contribution in [0, 0.1) is 28.1 Å². The second-order valence-corrected chi connectivity index (χ2v) is 11.9. The van der Waals surface area contributed by atoms with Crippen molar-refractivity contribution in [2.45, 2.75) is 83.4 Å². The van der Waals surface area contributed by atoms with E-state index in [0.717, 1.165) is 6.42 Å². The van der Waals surface area contributed by atoms with Crippen LogP contribution in [-0.4, -0.2) is 48.2 Å². The second kappa shape index (κ2) is 5.89. The highest BCUT2D eigenvalue weighted by atomic mass is 16.6. The maximum Gasteiger partial charge on any atom is 0.306 e. The molecule has 6 heteroatoms. The molecule has 0 bridgehead atoms. The Morgan fingerprint density at radius 3 is 2.75 bits per heavy atom. The number of carbonyl (C=O) groups is 1. The second-order valence-electron chi connectivity index (χ2n) is 11.9. The third-order valence-corrected chi connectivity index (χ3v) is 10.8. The molecule has 0 amide bonds. The Morgan fingerprint density at radius 2 is 2.00 bits per heavy atom. The lowest BCUT2D eigenvalue weighted by Gasteiger charge is -2.66. The molecule has 2 saturated carbocycles. The monoisotopic (exact) mass is 440 g/mol. The van der Waals surface area contributed by atoms with Crippen molar-refractivity contribution in [2.24, 2.45) is 28.1 Å². The maximum atomic E-state index is 12.9. The molecule has 5 fully saturated rings. The smallest absolute Gasteiger partial charge is 0.306 e. The summed E-state index contributed by atoms with van der Waals surface area (Å²) >= 11 is 0. The lowest BCUT2D eigenvalue weighted by molar-refractivity contribution is -0.266. The predicted octanol–water partition coefficient (Wildman–Crippen LogP) is 3.59. The Kier molecular flexibility index (Phi) is 3.64. The number of allylic oxidation sites excluding steroid dienone is 1. The minimum Gasteiger partial charge on any atom is -0.472 e. The summed E-state index contributed by atoms with van der Waals surface area (Å²) in [5, 5.41) is 11.1. The highest BCUT2D eigenvalue weighted by molar-refractivity contribution is 5.72. The molecule has 1 N–H and O–H groups in total. The minimum absolute atomic E-state index is 0.0328. The summed E-state index contributed by atoms with van der Waals surface area (Å²) in [5.41, 5.74) is 3.02. The van der Waals surface area contributed by atoms with Crippen molar-refractivity contribution in [1.82, 2.24) is 0 Å². The molecule has 3 aliphatic carbocycles. The Bertz CT molecular complexity index is 1030. The molecular weight excluding hydrogens is 408 g/mol. The van der Waals surface area contributed by atoms with Crippen molar-refractivity contribution in [3.63, 3.8) is 0 Å². The highest BCUT2D eigenvalue weighted by Crippen LogP contribution is 2.74. The third-order valence-electron chi connectivity index (χ3n) is 10.8. The summed E-state index contributed by atoms with van der Waals surface area (Å²) in [5.74, 6) is 0.339. The van der Waals surface area contributed by atoms with E-state index in [1.807, 2.05) is 6.26 Å². The summed E-state index contributed by atoms with van der Waals surface area (Å²) in [4.78, 5) is 12.9. The summed E-state index contributed by atoms with van der Waals surface area (Å²) in [6.45, 7) is 9.55. The van der Waals surface area contributed by atoms with E-state index in [4.69, 9.17) is 18.6 Å². The van der Waals surface area contributed by atoms with Gasteiger partial charge in [-0.05, 0) is 36.5 Å².